The summed E-state index contributed by atoms with van der Waals surface area (Å²) >= 11 is 0. The van der Waals surface area contributed by atoms with Gasteiger partial charge in [-0.15, -0.1) is 12.4 Å². The number of carbonyl (C=O) groups excluding carboxylic acids is 1. The van der Waals surface area contributed by atoms with Gasteiger partial charge in [-0.1, -0.05) is 38.1 Å². The molecule has 24 heavy (non-hydrogen) atoms. The molecule has 0 aromatic heterocycles. The van der Waals surface area contributed by atoms with Gasteiger partial charge in [0.1, 0.15) is 6.04 Å². The number of benzene rings is 1. The zero-order chi connectivity index (χ0) is 17.6. The van der Waals surface area contributed by atoms with Gasteiger partial charge in [0.25, 0.3) is 0 Å². The summed E-state index contributed by atoms with van der Waals surface area (Å²) in [6.45, 7) is 7.92. The number of carbonyl (C=O) groups is 2. The quantitative estimate of drug-likeness (QED) is 0.751. The summed E-state index contributed by atoms with van der Waals surface area (Å²) in [4.78, 5) is 24.4. The standard InChI is InChI=1S/C18H28N2O3.ClH/c1-12(2)10-15-6-8-16(9-7-15)13(3)19-17(21)11-20(5)14(4)18(22)23;/h6-9,12-14H,10-11H2,1-5H3,(H,19,21)(H,22,23);1H. The minimum Gasteiger partial charge on any atom is -0.480 e. The molecule has 2 N–H and O–H groups in total. The van der Waals surface area contributed by atoms with Crippen molar-refractivity contribution in [2.24, 2.45) is 5.92 Å². The number of amides is 1. The predicted molar refractivity (Wildman–Crippen MR) is 98.5 cm³/mol. The summed E-state index contributed by atoms with van der Waals surface area (Å²) < 4.78 is 0. The summed E-state index contributed by atoms with van der Waals surface area (Å²) in [5, 5.41) is 11.8. The molecule has 0 heterocycles. The molecule has 2 unspecified atom stereocenters. The molecule has 2 atom stereocenters. The first-order valence-corrected chi connectivity index (χ1v) is 8.02. The zero-order valence-corrected chi connectivity index (χ0v) is 15.9. The largest absolute Gasteiger partial charge is 0.480 e. The van der Waals surface area contributed by atoms with Gasteiger partial charge >= 0.3 is 5.97 Å². The van der Waals surface area contributed by atoms with Crippen LogP contribution in [0, 0.1) is 5.92 Å². The van der Waals surface area contributed by atoms with Crippen LogP contribution in [0.25, 0.3) is 0 Å². The molecule has 0 radical (unpaired) electrons. The Balaban J connectivity index is 0.00000529. The highest BCUT2D eigenvalue weighted by molar-refractivity contribution is 5.85. The number of aliphatic carboxylic acids is 1. The monoisotopic (exact) mass is 356 g/mol. The van der Waals surface area contributed by atoms with E-state index in [9.17, 15) is 9.59 Å². The van der Waals surface area contributed by atoms with Gasteiger partial charge in [-0.2, -0.15) is 0 Å². The van der Waals surface area contributed by atoms with Gasteiger partial charge in [0.05, 0.1) is 12.6 Å². The molecular weight excluding hydrogens is 328 g/mol. The van der Waals surface area contributed by atoms with Crippen LogP contribution in [0.1, 0.15) is 44.9 Å². The van der Waals surface area contributed by atoms with E-state index in [0.29, 0.717) is 5.92 Å². The van der Waals surface area contributed by atoms with E-state index in [1.54, 1.807) is 14.0 Å². The summed E-state index contributed by atoms with van der Waals surface area (Å²) in [5.74, 6) is -0.502. The fourth-order valence-electron chi connectivity index (χ4n) is 2.34. The Morgan fingerprint density at radius 1 is 1.12 bits per heavy atom. The maximum atomic E-state index is 12.0. The third-order valence-corrected chi connectivity index (χ3v) is 3.91. The average Bonchev–Trinajstić information content (AvgIpc) is 2.45. The number of carboxylic acid groups (broad SMARTS) is 1. The molecule has 1 amide bonds. The van der Waals surface area contributed by atoms with E-state index in [1.165, 1.54) is 10.5 Å². The Morgan fingerprint density at radius 3 is 2.12 bits per heavy atom. The van der Waals surface area contributed by atoms with Crippen LogP contribution in [0.2, 0.25) is 0 Å². The van der Waals surface area contributed by atoms with Crippen molar-refractivity contribution in [2.75, 3.05) is 13.6 Å². The first-order chi connectivity index (χ1) is 10.7. The van der Waals surface area contributed by atoms with Gasteiger partial charge in [-0.3, -0.25) is 14.5 Å². The van der Waals surface area contributed by atoms with Gasteiger partial charge in [-0.25, -0.2) is 0 Å². The van der Waals surface area contributed by atoms with E-state index in [4.69, 9.17) is 5.11 Å². The van der Waals surface area contributed by atoms with Crippen LogP contribution in [0.3, 0.4) is 0 Å². The number of nitrogens with zero attached hydrogens (tertiary/aromatic N) is 1. The maximum absolute atomic E-state index is 12.0. The molecule has 0 saturated carbocycles. The van der Waals surface area contributed by atoms with Crippen molar-refractivity contribution < 1.29 is 14.7 Å². The molecule has 136 valence electrons. The summed E-state index contributed by atoms with van der Waals surface area (Å²) in [7, 11) is 1.63. The van der Waals surface area contributed by atoms with E-state index < -0.39 is 12.0 Å². The molecule has 0 fully saturated rings. The fourth-order valence-corrected chi connectivity index (χ4v) is 2.34. The Morgan fingerprint density at radius 2 is 1.67 bits per heavy atom. The molecule has 0 aliphatic heterocycles. The van der Waals surface area contributed by atoms with Gasteiger partial charge in [0, 0.05) is 0 Å². The van der Waals surface area contributed by atoms with Crippen LogP contribution in [0.5, 0.6) is 0 Å². The second kappa shape index (κ2) is 10.3. The second-order valence-corrected chi connectivity index (χ2v) is 6.56. The number of nitrogens with one attached hydrogen (secondary N) is 1. The van der Waals surface area contributed by atoms with Crippen molar-refractivity contribution >= 4 is 24.3 Å². The van der Waals surface area contributed by atoms with E-state index in [0.717, 1.165) is 12.0 Å². The van der Waals surface area contributed by atoms with E-state index in [2.05, 4.69) is 31.3 Å². The lowest BCUT2D eigenvalue weighted by molar-refractivity contribution is -0.142. The minimum absolute atomic E-state index is 0. The lowest BCUT2D eigenvalue weighted by Gasteiger charge is -2.22. The van der Waals surface area contributed by atoms with Crippen LogP contribution in [-0.2, 0) is 16.0 Å². The lowest BCUT2D eigenvalue weighted by atomic mass is 10.00. The zero-order valence-electron chi connectivity index (χ0n) is 15.1. The first kappa shape index (κ1) is 22.4. The highest BCUT2D eigenvalue weighted by Gasteiger charge is 2.20. The van der Waals surface area contributed by atoms with Gasteiger partial charge in [0.15, 0.2) is 0 Å². The van der Waals surface area contributed by atoms with E-state index in [-0.39, 0.29) is 30.9 Å². The van der Waals surface area contributed by atoms with Crippen molar-refractivity contribution in [1.82, 2.24) is 10.2 Å². The molecule has 6 heteroatoms. The number of hydrogen-bond acceptors (Lipinski definition) is 3. The third kappa shape index (κ3) is 7.32. The highest BCUT2D eigenvalue weighted by atomic mass is 35.5. The molecule has 1 aromatic carbocycles. The Bertz CT molecular complexity index is 532. The number of rotatable bonds is 8. The van der Waals surface area contributed by atoms with Crippen molar-refractivity contribution in [3.05, 3.63) is 35.4 Å². The van der Waals surface area contributed by atoms with Crippen LogP contribution >= 0.6 is 12.4 Å². The van der Waals surface area contributed by atoms with E-state index in [1.807, 2.05) is 19.1 Å². The number of halogens is 1. The highest BCUT2D eigenvalue weighted by Crippen LogP contribution is 2.15. The molecule has 0 aliphatic rings. The second-order valence-electron chi connectivity index (χ2n) is 6.56. The summed E-state index contributed by atoms with van der Waals surface area (Å²) in [6, 6.07) is 7.46. The van der Waals surface area contributed by atoms with Crippen molar-refractivity contribution in [3.8, 4) is 0 Å². The molecule has 1 aromatic rings. The van der Waals surface area contributed by atoms with Crippen LogP contribution < -0.4 is 5.32 Å². The van der Waals surface area contributed by atoms with Crippen molar-refractivity contribution in [3.63, 3.8) is 0 Å². The minimum atomic E-state index is -0.936. The normalized spacial score (nSPS) is 13.3. The lowest BCUT2D eigenvalue weighted by Crippen LogP contribution is -2.43. The number of carboxylic acids is 1. The average molecular weight is 357 g/mol. The molecule has 0 bridgehead atoms. The van der Waals surface area contributed by atoms with E-state index >= 15 is 0 Å². The molecule has 1 rings (SSSR count). The molecule has 0 aliphatic carbocycles. The Kier molecular flexibility index (Phi) is 9.63. The van der Waals surface area contributed by atoms with Crippen molar-refractivity contribution in [2.45, 2.75) is 46.2 Å². The van der Waals surface area contributed by atoms with Crippen molar-refractivity contribution in [1.29, 1.82) is 0 Å². The summed E-state index contributed by atoms with van der Waals surface area (Å²) in [6.07, 6.45) is 1.04. The Labute approximate surface area is 150 Å². The summed E-state index contributed by atoms with van der Waals surface area (Å²) in [5.41, 5.74) is 2.33. The Hall–Kier alpha value is -1.59. The molecule has 5 nitrogen and oxygen atoms in total. The SMILES string of the molecule is CC(C)Cc1ccc(C(C)NC(=O)CN(C)C(C)C(=O)O)cc1.Cl. The van der Waals surface area contributed by atoms with Crippen LogP contribution in [-0.4, -0.2) is 41.5 Å². The van der Waals surface area contributed by atoms with Gasteiger partial charge < -0.3 is 10.4 Å². The molecule has 0 spiro atoms. The third-order valence-electron chi connectivity index (χ3n) is 3.91. The fraction of sp³-hybridized carbons (Fsp3) is 0.556. The smallest absolute Gasteiger partial charge is 0.320 e. The van der Waals surface area contributed by atoms with Gasteiger partial charge in [0.2, 0.25) is 5.91 Å². The molecular formula is C18H29ClN2O3. The maximum Gasteiger partial charge on any atom is 0.320 e. The number of likely N-dealkylation sites (N-methyl/N-ethyl adjacent to an activating group) is 1. The van der Waals surface area contributed by atoms with Gasteiger partial charge in [-0.05, 0) is 44.4 Å². The predicted octanol–water partition coefficient (Wildman–Crippen LogP) is 2.89. The number of hydrogen-bond donors (Lipinski definition) is 2. The topological polar surface area (TPSA) is 69.6 Å². The van der Waals surface area contributed by atoms with Crippen LogP contribution in [0.15, 0.2) is 24.3 Å². The molecule has 0 saturated heterocycles. The van der Waals surface area contributed by atoms with Crippen LogP contribution in [0.4, 0.5) is 0 Å². The first-order valence-electron chi connectivity index (χ1n) is 8.02.